The summed E-state index contributed by atoms with van der Waals surface area (Å²) in [5, 5.41) is 5.66. The molecule has 0 spiro atoms. The monoisotopic (exact) mass is 356 g/mol. The van der Waals surface area contributed by atoms with Crippen molar-refractivity contribution in [2.75, 3.05) is 20.1 Å². The summed E-state index contributed by atoms with van der Waals surface area (Å²) in [6.07, 6.45) is 1.84. The molecule has 138 valence electrons. The Hall–Kier alpha value is -2.25. The number of nitrogens with one attached hydrogen (secondary N) is 2. The molecule has 7 nitrogen and oxygen atoms in total. The first-order valence-corrected chi connectivity index (χ1v) is 9.21. The van der Waals surface area contributed by atoms with Gasteiger partial charge in [0.1, 0.15) is 6.04 Å². The molecule has 26 heavy (non-hydrogen) atoms. The molecule has 0 saturated carbocycles. The van der Waals surface area contributed by atoms with E-state index in [-0.39, 0.29) is 24.1 Å². The van der Waals surface area contributed by atoms with Gasteiger partial charge in [-0.05, 0) is 37.1 Å². The largest absolute Gasteiger partial charge is 0.322 e. The van der Waals surface area contributed by atoms with Crippen molar-refractivity contribution in [3.05, 3.63) is 34.9 Å². The fraction of sp³-hybridized carbons (Fsp3) is 0.526. The molecule has 1 aromatic rings. The Bertz CT molecular complexity index is 763. The minimum absolute atomic E-state index is 0.113. The lowest BCUT2D eigenvalue weighted by atomic mass is 10.0. The van der Waals surface area contributed by atoms with Gasteiger partial charge in [0.15, 0.2) is 0 Å². The number of hydrogen-bond acceptors (Lipinski definition) is 5. The minimum Gasteiger partial charge on any atom is -0.322 e. The Morgan fingerprint density at radius 1 is 1.23 bits per heavy atom. The van der Waals surface area contributed by atoms with Crippen molar-refractivity contribution in [2.24, 2.45) is 0 Å². The van der Waals surface area contributed by atoms with Gasteiger partial charge in [-0.2, -0.15) is 0 Å². The number of fused-ring (bicyclic) bond motifs is 1. The fourth-order valence-corrected chi connectivity index (χ4v) is 4.20. The van der Waals surface area contributed by atoms with Crippen molar-refractivity contribution in [3.63, 3.8) is 0 Å². The molecule has 3 aliphatic rings. The van der Waals surface area contributed by atoms with Gasteiger partial charge in [-0.1, -0.05) is 12.1 Å². The third kappa shape index (κ3) is 3.12. The normalized spacial score (nSPS) is 26.3. The highest BCUT2D eigenvalue weighted by Gasteiger charge is 2.39. The molecule has 2 fully saturated rings. The Labute approximate surface area is 152 Å². The van der Waals surface area contributed by atoms with Crippen LogP contribution in [0.25, 0.3) is 0 Å². The topological polar surface area (TPSA) is 81.8 Å². The number of likely N-dealkylation sites (N-methyl/N-ethyl adjacent to an activating group) is 1. The van der Waals surface area contributed by atoms with Crippen molar-refractivity contribution < 1.29 is 14.4 Å². The number of nitrogens with zero attached hydrogens (tertiary/aromatic N) is 2. The summed E-state index contributed by atoms with van der Waals surface area (Å²) >= 11 is 0. The Balaban J connectivity index is 1.46. The molecule has 0 bridgehead atoms. The highest BCUT2D eigenvalue weighted by Crippen LogP contribution is 2.28. The average molecular weight is 356 g/mol. The van der Waals surface area contributed by atoms with Crippen LogP contribution in [0.1, 0.15) is 40.7 Å². The van der Waals surface area contributed by atoms with E-state index in [0.29, 0.717) is 24.6 Å². The molecule has 2 saturated heterocycles. The van der Waals surface area contributed by atoms with Crippen LogP contribution in [0.2, 0.25) is 0 Å². The summed E-state index contributed by atoms with van der Waals surface area (Å²) in [7, 11) is 2.00. The first-order chi connectivity index (χ1) is 12.5. The summed E-state index contributed by atoms with van der Waals surface area (Å²) < 4.78 is 0. The Kier molecular flexibility index (Phi) is 4.50. The van der Waals surface area contributed by atoms with Gasteiger partial charge in [0, 0.05) is 44.2 Å². The molecule has 3 aliphatic heterocycles. The third-order valence-corrected chi connectivity index (χ3v) is 5.67. The second-order valence-corrected chi connectivity index (χ2v) is 7.40. The first-order valence-electron chi connectivity index (χ1n) is 9.21. The van der Waals surface area contributed by atoms with Gasteiger partial charge in [0.2, 0.25) is 11.8 Å². The predicted molar refractivity (Wildman–Crippen MR) is 95.2 cm³/mol. The number of benzene rings is 1. The van der Waals surface area contributed by atoms with Gasteiger partial charge < -0.3 is 10.2 Å². The van der Waals surface area contributed by atoms with E-state index in [1.165, 1.54) is 5.56 Å². The molecule has 7 heteroatoms. The fourth-order valence-electron chi connectivity index (χ4n) is 4.20. The second kappa shape index (κ2) is 6.81. The summed E-state index contributed by atoms with van der Waals surface area (Å²) in [6.45, 7) is 3.42. The smallest absolute Gasteiger partial charge is 0.255 e. The van der Waals surface area contributed by atoms with Gasteiger partial charge in [0.25, 0.3) is 5.91 Å². The van der Waals surface area contributed by atoms with Crippen LogP contribution in [-0.2, 0) is 22.7 Å². The number of amides is 3. The van der Waals surface area contributed by atoms with Crippen LogP contribution in [0.3, 0.4) is 0 Å². The maximum Gasteiger partial charge on any atom is 0.255 e. The molecule has 0 aliphatic carbocycles. The quantitative estimate of drug-likeness (QED) is 0.756. The molecule has 4 rings (SSSR count). The number of imide groups is 1. The lowest BCUT2D eigenvalue weighted by Crippen LogP contribution is -2.52. The van der Waals surface area contributed by atoms with Gasteiger partial charge in [-0.25, -0.2) is 0 Å². The zero-order chi connectivity index (χ0) is 18.3. The summed E-state index contributed by atoms with van der Waals surface area (Å²) in [6, 6.07) is 5.98. The van der Waals surface area contributed by atoms with Crippen LogP contribution in [-0.4, -0.2) is 59.7 Å². The number of rotatable bonds is 4. The SMILES string of the molecule is CN[C@@H]1CCN(Cc2ccc3c(c2)CN(C2CCC(=O)NC2=O)C3=O)C1. The maximum absolute atomic E-state index is 12.7. The standard InChI is InChI=1S/C19H24N4O3/c1-20-14-6-7-22(11-14)9-12-2-3-15-13(8-12)10-23(19(15)26)16-4-5-17(24)21-18(16)25/h2-3,8,14,16,20H,4-7,9-11H2,1H3,(H,21,24,25)/t14-,16?/m1/s1. The zero-order valence-corrected chi connectivity index (χ0v) is 15.0. The average Bonchev–Trinajstić information content (AvgIpc) is 3.19. The molecular formula is C19H24N4O3. The molecule has 1 aromatic carbocycles. The molecule has 2 N–H and O–H groups in total. The van der Waals surface area contributed by atoms with Gasteiger partial charge in [0.05, 0.1) is 0 Å². The molecule has 3 heterocycles. The van der Waals surface area contributed by atoms with E-state index in [1.807, 2.05) is 19.2 Å². The van der Waals surface area contributed by atoms with E-state index in [9.17, 15) is 14.4 Å². The molecule has 0 aromatic heterocycles. The van der Waals surface area contributed by atoms with Gasteiger partial charge >= 0.3 is 0 Å². The third-order valence-electron chi connectivity index (χ3n) is 5.67. The van der Waals surface area contributed by atoms with Crippen LogP contribution in [0.5, 0.6) is 0 Å². The molecule has 2 atom stereocenters. The number of likely N-dealkylation sites (tertiary alicyclic amines) is 1. The van der Waals surface area contributed by atoms with Crippen LogP contribution in [0.15, 0.2) is 18.2 Å². The van der Waals surface area contributed by atoms with E-state index in [1.54, 1.807) is 4.90 Å². The number of piperidine rings is 1. The minimum atomic E-state index is -0.550. The highest BCUT2D eigenvalue weighted by atomic mass is 16.2. The molecule has 0 radical (unpaired) electrons. The predicted octanol–water partition coefficient (Wildman–Crippen LogP) is 0.241. The van der Waals surface area contributed by atoms with Crippen molar-refractivity contribution in [3.8, 4) is 0 Å². The van der Waals surface area contributed by atoms with Gasteiger partial charge in [-0.15, -0.1) is 0 Å². The molecule has 1 unspecified atom stereocenters. The van der Waals surface area contributed by atoms with Gasteiger partial charge in [-0.3, -0.25) is 24.6 Å². The highest BCUT2D eigenvalue weighted by molar-refractivity contribution is 6.05. The first kappa shape index (κ1) is 17.2. The van der Waals surface area contributed by atoms with Crippen LogP contribution >= 0.6 is 0 Å². The van der Waals surface area contributed by atoms with Crippen molar-refractivity contribution in [1.29, 1.82) is 0 Å². The maximum atomic E-state index is 12.7. The summed E-state index contributed by atoms with van der Waals surface area (Å²) in [5.74, 6) is -0.738. The van der Waals surface area contributed by atoms with E-state index in [0.717, 1.165) is 31.6 Å². The Morgan fingerprint density at radius 3 is 2.81 bits per heavy atom. The van der Waals surface area contributed by atoms with Crippen LogP contribution in [0.4, 0.5) is 0 Å². The Morgan fingerprint density at radius 2 is 2.08 bits per heavy atom. The number of hydrogen-bond donors (Lipinski definition) is 2. The van der Waals surface area contributed by atoms with E-state index < -0.39 is 6.04 Å². The number of carbonyl (C=O) groups excluding carboxylic acids is 3. The lowest BCUT2D eigenvalue weighted by Gasteiger charge is -2.29. The van der Waals surface area contributed by atoms with Crippen molar-refractivity contribution >= 4 is 17.7 Å². The zero-order valence-electron chi connectivity index (χ0n) is 15.0. The lowest BCUT2D eigenvalue weighted by molar-refractivity contribution is -0.136. The van der Waals surface area contributed by atoms with Crippen molar-refractivity contribution in [2.45, 2.75) is 44.4 Å². The summed E-state index contributed by atoms with van der Waals surface area (Å²) in [5.41, 5.74) is 2.84. The number of carbonyl (C=O) groups is 3. The van der Waals surface area contributed by atoms with E-state index in [2.05, 4.69) is 21.6 Å². The van der Waals surface area contributed by atoms with Crippen molar-refractivity contribution in [1.82, 2.24) is 20.4 Å². The second-order valence-electron chi connectivity index (χ2n) is 7.40. The summed E-state index contributed by atoms with van der Waals surface area (Å²) in [4.78, 5) is 40.2. The molecule has 3 amide bonds. The molecular weight excluding hydrogens is 332 g/mol. The van der Waals surface area contributed by atoms with Crippen LogP contribution < -0.4 is 10.6 Å². The van der Waals surface area contributed by atoms with E-state index in [4.69, 9.17) is 0 Å². The van der Waals surface area contributed by atoms with Crippen LogP contribution in [0, 0.1) is 0 Å². The van der Waals surface area contributed by atoms with E-state index >= 15 is 0 Å².